The fraction of sp³-hybridized carbons (Fsp3) is 0.444. The van der Waals surface area contributed by atoms with Crippen molar-refractivity contribution in [1.82, 2.24) is 19.5 Å². The van der Waals surface area contributed by atoms with Gasteiger partial charge in [0.15, 0.2) is 5.65 Å². The van der Waals surface area contributed by atoms with Gasteiger partial charge in [0, 0.05) is 27.2 Å². The Labute approximate surface area is 87.8 Å². The van der Waals surface area contributed by atoms with Crippen molar-refractivity contribution >= 4 is 17.1 Å². The number of imidazole rings is 1. The summed E-state index contributed by atoms with van der Waals surface area (Å²) in [7, 11) is 3.83. The van der Waals surface area contributed by atoms with Crippen LogP contribution in [0.4, 0.5) is 5.95 Å². The molecule has 0 saturated carbocycles. The number of fused-ring (bicyclic) bond motifs is 1. The summed E-state index contributed by atoms with van der Waals surface area (Å²) in [5, 5.41) is 0. The fourth-order valence-electron chi connectivity index (χ4n) is 1.39. The van der Waals surface area contributed by atoms with E-state index >= 15 is 0 Å². The zero-order valence-electron chi connectivity index (χ0n) is 8.88. The molecule has 0 aliphatic rings. The van der Waals surface area contributed by atoms with Crippen LogP contribution < -0.4 is 10.6 Å². The highest BCUT2D eigenvalue weighted by molar-refractivity contribution is 5.70. The van der Waals surface area contributed by atoms with E-state index in [9.17, 15) is 0 Å². The zero-order valence-corrected chi connectivity index (χ0v) is 8.88. The molecule has 80 valence electrons. The lowest BCUT2D eigenvalue weighted by Gasteiger charge is -2.15. The Balaban J connectivity index is 2.41. The Morgan fingerprint density at radius 3 is 3.00 bits per heavy atom. The van der Waals surface area contributed by atoms with Crippen LogP contribution in [0.5, 0.6) is 0 Å². The molecule has 2 aromatic heterocycles. The molecule has 0 amide bonds. The monoisotopic (exact) mass is 206 g/mol. The number of likely N-dealkylation sites (N-methyl/N-ethyl adjacent to an activating group) is 1. The first-order valence-electron chi connectivity index (χ1n) is 4.77. The third kappa shape index (κ3) is 1.75. The van der Waals surface area contributed by atoms with Crippen LogP contribution in [0.3, 0.4) is 0 Å². The molecule has 0 unspecified atom stereocenters. The van der Waals surface area contributed by atoms with E-state index in [0.717, 1.165) is 17.7 Å². The molecule has 0 saturated heterocycles. The highest BCUT2D eigenvalue weighted by Gasteiger charge is 2.07. The van der Waals surface area contributed by atoms with Crippen molar-refractivity contribution in [3.63, 3.8) is 0 Å². The van der Waals surface area contributed by atoms with Gasteiger partial charge in [0.25, 0.3) is 0 Å². The van der Waals surface area contributed by atoms with Crippen LogP contribution in [0.1, 0.15) is 0 Å². The van der Waals surface area contributed by atoms with E-state index < -0.39 is 0 Å². The number of aryl methyl sites for hydroxylation is 1. The first-order chi connectivity index (χ1) is 7.22. The molecule has 2 rings (SSSR count). The van der Waals surface area contributed by atoms with E-state index in [1.807, 2.05) is 23.6 Å². The smallest absolute Gasteiger partial charge is 0.227 e. The summed E-state index contributed by atoms with van der Waals surface area (Å²) in [6.45, 7) is 1.33. The van der Waals surface area contributed by atoms with Crippen molar-refractivity contribution in [3.05, 3.63) is 12.5 Å². The SMILES string of the molecule is CN(CCN)c1ncc2ncn(C)c2n1. The number of nitrogens with zero attached hydrogens (tertiary/aromatic N) is 5. The number of rotatable bonds is 3. The predicted molar refractivity (Wildman–Crippen MR) is 58.6 cm³/mol. The molecule has 0 atom stereocenters. The molecule has 0 fully saturated rings. The van der Waals surface area contributed by atoms with Gasteiger partial charge in [-0.25, -0.2) is 9.97 Å². The minimum Gasteiger partial charge on any atom is -0.343 e. The lowest BCUT2D eigenvalue weighted by molar-refractivity contribution is 0.843. The largest absolute Gasteiger partial charge is 0.343 e. The molecule has 2 N–H and O–H groups in total. The van der Waals surface area contributed by atoms with Crippen LogP contribution in [-0.2, 0) is 7.05 Å². The highest BCUT2D eigenvalue weighted by Crippen LogP contribution is 2.11. The summed E-state index contributed by atoms with van der Waals surface area (Å²) < 4.78 is 1.87. The predicted octanol–water partition coefficient (Wildman–Crippen LogP) is -0.242. The van der Waals surface area contributed by atoms with Crippen molar-refractivity contribution in [2.75, 3.05) is 25.0 Å². The molecule has 15 heavy (non-hydrogen) atoms. The second-order valence-electron chi connectivity index (χ2n) is 3.44. The lowest BCUT2D eigenvalue weighted by Crippen LogP contribution is -2.26. The molecule has 0 radical (unpaired) electrons. The molecular weight excluding hydrogens is 192 g/mol. The number of hydrogen-bond acceptors (Lipinski definition) is 5. The maximum absolute atomic E-state index is 5.47. The van der Waals surface area contributed by atoms with E-state index in [1.165, 1.54) is 0 Å². The number of aromatic nitrogens is 4. The molecule has 0 bridgehead atoms. The van der Waals surface area contributed by atoms with E-state index in [4.69, 9.17) is 5.73 Å². The highest BCUT2D eigenvalue weighted by atomic mass is 15.3. The van der Waals surface area contributed by atoms with Gasteiger partial charge < -0.3 is 15.2 Å². The molecule has 2 aromatic rings. The second kappa shape index (κ2) is 3.82. The Kier molecular flexibility index (Phi) is 2.51. The Bertz CT molecular complexity index is 463. The quantitative estimate of drug-likeness (QED) is 0.750. The van der Waals surface area contributed by atoms with Crippen LogP contribution in [0.15, 0.2) is 12.5 Å². The summed E-state index contributed by atoms with van der Waals surface area (Å²) in [4.78, 5) is 14.7. The summed E-state index contributed by atoms with van der Waals surface area (Å²) in [6, 6.07) is 0. The molecule has 6 heteroatoms. The molecule has 6 nitrogen and oxygen atoms in total. The van der Waals surface area contributed by atoms with Crippen LogP contribution in [-0.4, -0.2) is 39.7 Å². The van der Waals surface area contributed by atoms with Gasteiger partial charge in [-0.1, -0.05) is 0 Å². The van der Waals surface area contributed by atoms with E-state index in [1.54, 1.807) is 12.5 Å². The summed E-state index contributed by atoms with van der Waals surface area (Å²) in [5.41, 5.74) is 7.12. The van der Waals surface area contributed by atoms with Crippen LogP contribution in [0.2, 0.25) is 0 Å². The standard InChI is InChI=1S/C9H14N6/c1-14(4-3-10)9-11-5-7-8(13-9)15(2)6-12-7/h5-6H,3-4,10H2,1-2H3. The summed E-state index contributed by atoms with van der Waals surface area (Å²) in [5.74, 6) is 0.677. The molecule has 2 heterocycles. The molecule has 0 spiro atoms. The van der Waals surface area contributed by atoms with Crippen molar-refractivity contribution in [3.8, 4) is 0 Å². The van der Waals surface area contributed by atoms with Gasteiger partial charge >= 0.3 is 0 Å². The van der Waals surface area contributed by atoms with Crippen molar-refractivity contribution < 1.29 is 0 Å². The first kappa shape index (κ1) is 9.85. The van der Waals surface area contributed by atoms with Gasteiger partial charge in [-0.05, 0) is 0 Å². The minimum absolute atomic E-state index is 0.587. The third-order valence-electron chi connectivity index (χ3n) is 2.25. The van der Waals surface area contributed by atoms with Crippen molar-refractivity contribution in [2.45, 2.75) is 0 Å². The maximum atomic E-state index is 5.47. The molecule has 0 aliphatic carbocycles. The Morgan fingerprint density at radius 1 is 1.47 bits per heavy atom. The van der Waals surface area contributed by atoms with E-state index in [0.29, 0.717) is 12.5 Å². The van der Waals surface area contributed by atoms with Gasteiger partial charge in [-0.2, -0.15) is 4.98 Å². The molecule has 0 aliphatic heterocycles. The van der Waals surface area contributed by atoms with Crippen LogP contribution in [0.25, 0.3) is 11.2 Å². The first-order valence-corrected chi connectivity index (χ1v) is 4.77. The van der Waals surface area contributed by atoms with Gasteiger partial charge in [0.2, 0.25) is 5.95 Å². The Hall–Kier alpha value is -1.69. The minimum atomic E-state index is 0.587. The van der Waals surface area contributed by atoms with Gasteiger partial charge in [0.1, 0.15) is 5.52 Å². The maximum Gasteiger partial charge on any atom is 0.227 e. The third-order valence-corrected chi connectivity index (χ3v) is 2.25. The lowest BCUT2D eigenvalue weighted by atomic mass is 10.5. The average molecular weight is 206 g/mol. The van der Waals surface area contributed by atoms with Gasteiger partial charge in [-0.15, -0.1) is 0 Å². The normalized spacial score (nSPS) is 10.9. The molecule has 0 aromatic carbocycles. The van der Waals surface area contributed by atoms with E-state index in [-0.39, 0.29) is 0 Å². The number of hydrogen-bond donors (Lipinski definition) is 1. The van der Waals surface area contributed by atoms with Gasteiger partial charge in [0.05, 0.1) is 12.5 Å². The van der Waals surface area contributed by atoms with Crippen molar-refractivity contribution in [2.24, 2.45) is 12.8 Å². The van der Waals surface area contributed by atoms with E-state index in [2.05, 4.69) is 15.0 Å². The number of nitrogens with two attached hydrogens (primary N) is 1. The fourth-order valence-corrected chi connectivity index (χ4v) is 1.39. The van der Waals surface area contributed by atoms with Crippen LogP contribution >= 0.6 is 0 Å². The topological polar surface area (TPSA) is 72.9 Å². The van der Waals surface area contributed by atoms with Crippen molar-refractivity contribution in [1.29, 1.82) is 0 Å². The zero-order chi connectivity index (χ0) is 10.8. The summed E-state index contributed by atoms with van der Waals surface area (Å²) >= 11 is 0. The average Bonchev–Trinajstić information content (AvgIpc) is 2.60. The summed E-state index contributed by atoms with van der Waals surface area (Å²) in [6.07, 6.45) is 3.46. The van der Waals surface area contributed by atoms with Gasteiger partial charge in [-0.3, -0.25) is 0 Å². The Morgan fingerprint density at radius 2 is 2.27 bits per heavy atom. The molecular formula is C9H14N6. The number of anilines is 1. The van der Waals surface area contributed by atoms with Crippen LogP contribution in [0, 0.1) is 0 Å². The second-order valence-corrected chi connectivity index (χ2v) is 3.44.